The van der Waals surface area contributed by atoms with Gasteiger partial charge in [0, 0.05) is 4.75 Å². The van der Waals surface area contributed by atoms with Gasteiger partial charge < -0.3 is 0 Å². The van der Waals surface area contributed by atoms with Gasteiger partial charge in [-0.3, -0.25) is 4.79 Å². The van der Waals surface area contributed by atoms with Gasteiger partial charge in [0.15, 0.2) is 0 Å². The number of rotatable bonds is 1. The monoisotopic (exact) mass is 160 g/mol. The third-order valence-electron chi connectivity index (χ3n) is 0.626. The van der Waals surface area contributed by atoms with E-state index in [-0.39, 0.29) is 22.0 Å². The van der Waals surface area contributed by atoms with Crippen LogP contribution >= 0.6 is 11.8 Å². The third-order valence-corrected chi connectivity index (χ3v) is 1.53. The Morgan fingerprint density at radius 1 is 1.60 bits per heavy atom. The molecule has 0 rings (SSSR count). The summed E-state index contributed by atoms with van der Waals surface area (Å²) in [6.45, 7) is 7.16. The summed E-state index contributed by atoms with van der Waals surface area (Å²) in [6, 6.07) is -0.174. The van der Waals surface area contributed by atoms with E-state index in [1.54, 1.807) is 0 Å². The van der Waals surface area contributed by atoms with Crippen LogP contribution in [0.3, 0.4) is 0 Å². The molecule has 0 amide bonds. The van der Waals surface area contributed by atoms with Gasteiger partial charge in [0.2, 0.25) is 5.12 Å². The zero-order chi connectivity index (χ0) is 9.94. The molecule has 0 saturated heterocycles. The molecule has 58 valence electrons. The Balaban J connectivity index is 4.36. The van der Waals surface area contributed by atoms with Crippen molar-refractivity contribution >= 4 is 16.9 Å². The first-order chi connectivity index (χ1) is 5.24. The van der Waals surface area contributed by atoms with Gasteiger partial charge in [-0.2, -0.15) is 0 Å². The van der Waals surface area contributed by atoms with E-state index >= 15 is 0 Å². The molecule has 0 atom stereocenters. The van der Waals surface area contributed by atoms with Crippen LogP contribution in [0.1, 0.15) is 30.4 Å². The van der Waals surface area contributed by atoms with E-state index in [2.05, 4.69) is 0 Å². The topological polar surface area (TPSA) is 17.1 Å². The van der Waals surface area contributed by atoms with E-state index in [4.69, 9.17) is 2.74 Å². The second-order valence-corrected chi connectivity index (χ2v) is 4.68. The van der Waals surface area contributed by atoms with Crippen molar-refractivity contribution in [2.24, 2.45) is 0 Å². The highest BCUT2D eigenvalue weighted by molar-refractivity contribution is 8.15. The smallest absolute Gasteiger partial charge is 0.212 e. The summed E-state index contributed by atoms with van der Waals surface area (Å²) < 4.78 is 14.1. The Morgan fingerprint density at radius 3 is 2.40 bits per heavy atom. The second-order valence-electron chi connectivity index (χ2n) is 2.88. The summed E-state index contributed by atoms with van der Waals surface area (Å²) in [5.41, 5.74) is 0. The van der Waals surface area contributed by atoms with E-state index in [0.29, 0.717) is 0 Å². The molecular formula is C8H14OS. The molecule has 0 aromatic carbocycles. The standard InChI is InChI=1S/C8H14OS/c1-5-6-7(9)10-8(2,3)4/h5-6H,1-4H3/b6-5+/i5D,6D. The van der Waals surface area contributed by atoms with E-state index in [1.807, 2.05) is 20.8 Å². The summed E-state index contributed by atoms with van der Waals surface area (Å²) in [5.74, 6) is 0. The van der Waals surface area contributed by atoms with Crippen LogP contribution < -0.4 is 0 Å². The molecule has 0 aliphatic carbocycles. The minimum atomic E-state index is -0.324. The molecule has 0 N–H and O–H groups in total. The summed E-state index contributed by atoms with van der Waals surface area (Å²) in [6.07, 6.45) is 0. The first-order valence-corrected chi connectivity index (χ1v) is 3.93. The van der Waals surface area contributed by atoms with Gasteiger partial charge >= 0.3 is 0 Å². The van der Waals surface area contributed by atoms with Crippen LogP contribution in [0.2, 0.25) is 0 Å². The number of allylic oxidation sites excluding steroid dienone is 1. The van der Waals surface area contributed by atoms with Crippen molar-refractivity contribution in [1.29, 1.82) is 0 Å². The molecule has 0 fully saturated rings. The Labute approximate surface area is 69.7 Å². The minimum absolute atomic E-state index is 0.0248. The average molecular weight is 160 g/mol. The quantitative estimate of drug-likeness (QED) is 0.548. The third kappa shape index (κ3) is 5.89. The fourth-order valence-corrected chi connectivity index (χ4v) is 1.11. The van der Waals surface area contributed by atoms with Gasteiger partial charge in [0.05, 0.1) is 2.74 Å². The fourth-order valence-electron chi connectivity index (χ4n) is 0.406. The van der Waals surface area contributed by atoms with Crippen molar-refractivity contribution in [1.82, 2.24) is 0 Å². The normalized spacial score (nSPS) is 17.2. The predicted molar refractivity (Wildman–Crippen MR) is 47.2 cm³/mol. The highest BCUT2D eigenvalue weighted by Crippen LogP contribution is 2.23. The van der Waals surface area contributed by atoms with E-state index in [1.165, 1.54) is 6.92 Å². The van der Waals surface area contributed by atoms with Crippen LogP contribution in [-0.4, -0.2) is 9.86 Å². The molecule has 0 aliphatic rings. The van der Waals surface area contributed by atoms with Gasteiger partial charge in [-0.15, -0.1) is 0 Å². The lowest BCUT2D eigenvalue weighted by Crippen LogP contribution is -2.10. The van der Waals surface area contributed by atoms with Gasteiger partial charge in [-0.05, 0) is 13.0 Å². The van der Waals surface area contributed by atoms with Crippen LogP contribution in [0, 0.1) is 0 Å². The molecule has 0 radical (unpaired) electrons. The molecule has 10 heavy (non-hydrogen) atoms. The number of hydrogen-bond donors (Lipinski definition) is 0. The molecule has 2 heteroatoms. The van der Waals surface area contributed by atoms with E-state index in [0.717, 1.165) is 11.8 Å². The molecule has 0 heterocycles. The molecule has 1 nitrogen and oxygen atoms in total. The highest BCUT2D eigenvalue weighted by atomic mass is 32.2. The highest BCUT2D eigenvalue weighted by Gasteiger charge is 2.13. The van der Waals surface area contributed by atoms with Crippen molar-refractivity contribution in [2.45, 2.75) is 32.4 Å². The second kappa shape index (κ2) is 3.81. The summed E-state index contributed by atoms with van der Waals surface area (Å²) >= 11 is 1.09. The maximum Gasteiger partial charge on any atom is 0.212 e. The molecule has 0 bridgehead atoms. The number of thioether (sulfide) groups is 1. The van der Waals surface area contributed by atoms with Crippen LogP contribution in [0.15, 0.2) is 12.1 Å². The summed E-state index contributed by atoms with van der Waals surface area (Å²) in [7, 11) is 0. The van der Waals surface area contributed by atoms with Gasteiger partial charge in [-0.25, -0.2) is 0 Å². The zero-order valence-electron chi connectivity index (χ0n) is 8.82. The molecule has 0 unspecified atom stereocenters. The first-order valence-electron chi connectivity index (χ1n) is 4.11. The lowest BCUT2D eigenvalue weighted by molar-refractivity contribution is -0.107. The molecule has 0 spiro atoms. The van der Waals surface area contributed by atoms with Crippen LogP contribution in [-0.2, 0) is 4.79 Å². The van der Waals surface area contributed by atoms with Crippen LogP contribution in [0.4, 0.5) is 0 Å². The molecule has 0 aliphatic heterocycles. The van der Waals surface area contributed by atoms with Gasteiger partial charge in [0.1, 0.15) is 0 Å². The van der Waals surface area contributed by atoms with Crippen LogP contribution in [0.25, 0.3) is 0 Å². The maximum absolute atomic E-state index is 11.2. The Kier molecular flexibility index (Phi) is 2.47. The predicted octanol–water partition coefficient (Wildman–Crippen LogP) is 2.62. The Bertz CT molecular complexity index is 212. The number of carbonyl (C=O) groups excluding carboxylic acids is 1. The minimum Gasteiger partial charge on any atom is -0.282 e. The lowest BCUT2D eigenvalue weighted by Gasteiger charge is -2.13. The average Bonchev–Trinajstić information content (AvgIpc) is 1.82. The van der Waals surface area contributed by atoms with Crippen molar-refractivity contribution in [3.05, 3.63) is 12.1 Å². The van der Waals surface area contributed by atoms with Crippen molar-refractivity contribution < 1.29 is 7.54 Å². The Morgan fingerprint density at radius 2 is 2.10 bits per heavy atom. The maximum atomic E-state index is 11.2. The number of hydrogen-bond acceptors (Lipinski definition) is 2. The zero-order valence-corrected chi connectivity index (χ0v) is 7.63. The van der Waals surface area contributed by atoms with Crippen LogP contribution in [0.5, 0.6) is 0 Å². The largest absolute Gasteiger partial charge is 0.282 e. The summed E-state index contributed by atoms with van der Waals surface area (Å²) in [5, 5.41) is -0.324. The van der Waals surface area contributed by atoms with Crippen molar-refractivity contribution in [2.75, 3.05) is 0 Å². The SMILES string of the molecule is [2H]/C(C)=C(/[2H])C(=O)SC(C)(C)C. The van der Waals surface area contributed by atoms with E-state index in [9.17, 15) is 4.79 Å². The van der Waals surface area contributed by atoms with E-state index < -0.39 is 0 Å². The molecule has 0 aromatic heterocycles. The fraction of sp³-hybridized carbons (Fsp3) is 0.625. The Hall–Kier alpha value is -0.240. The van der Waals surface area contributed by atoms with Gasteiger partial charge in [0.25, 0.3) is 0 Å². The number of carbonyl (C=O) groups is 1. The first kappa shape index (κ1) is 6.47. The van der Waals surface area contributed by atoms with Gasteiger partial charge in [-0.1, -0.05) is 38.6 Å². The molecule has 0 saturated carbocycles. The summed E-state index contributed by atoms with van der Waals surface area (Å²) in [4.78, 5) is 11.2. The lowest BCUT2D eigenvalue weighted by atomic mass is 10.3. The molecule has 0 aromatic rings. The van der Waals surface area contributed by atoms with Crippen molar-refractivity contribution in [3.63, 3.8) is 0 Å². The van der Waals surface area contributed by atoms with Crippen molar-refractivity contribution in [3.8, 4) is 0 Å². The molecular weight excluding hydrogens is 144 g/mol.